The molecule has 1 aromatic carbocycles. The number of benzene rings is 1. The predicted octanol–water partition coefficient (Wildman–Crippen LogP) is -0.314. The molecule has 0 aliphatic carbocycles. The number of hydrogen-bond acceptors (Lipinski definition) is 4. The Labute approximate surface area is 135 Å². The second kappa shape index (κ2) is 8.85. The Hall–Kier alpha value is -2.32. The number of carbonyl (C=O) groups excluding carboxylic acids is 4. The summed E-state index contributed by atoms with van der Waals surface area (Å²) >= 11 is 10.5. The lowest BCUT2D eigenvalue weighted by atomic mass is 10.1. The molecule has 0 spiro atoms. The van der Waals surface area contributed by atoms with Crippen molar-refractivity contribution in [3.8, 4) is 0 Å². The Morgan fingerprint density at radius 2 is 1.00 bits per heavy atom. The zero-order valence-electron chi connectivity index (χ0n) is 11.1. The van der Waals surface area contributed by atoms with Gasteiger partial charge in [-0.1, -0.05) is 0 Å². The van der Waals surface area contributed by atoms with Gasteiger partial charge in [0.15, 0.2) is 0 Å². The van der Waals surface area contributed by atoms with Crippen molar-refractivity contribution in [1.29, 1.82) is 0 Å². The Morgan fingerprint density at radius 1 is 0.682 bits per heavy atom. The van der Waals surface area contributed by atoms with Crippen LogP contribution in [0.4, 0.5) is 0 Å². The number of carbonyl (C=O) groups is 4. The first kappa shape index (κ1) is 17.7. The van der Waals surface area contributed by atoms with E-state index >= 15 is 0 Å². The van der Waals surface area contributed by atoms with Crippen LogP contribution in [0.1, 0.15) is 20.7 Å². The number of amides is 4. The van der Waals surface area contributed by atoms with Crippen molar-refractivity contribution in [2.24, 2.45) is 0 Å². The van der Waals surface area contributed by atoms with E-state index in [0.717, 1.165) is 0 Å². The lowest BCUT2D eigenvalue weighted by molar-refractivity contribution is -0.120. The first-order valence-corrected chi connectivity index (χ1v) is 6.95. The van der Waals surface area contributed by atoms with Crippen LogP contribution in [-0.4, -0.2) is 35.4 Å². The van der Waals surface area contributed by atoms with Gasteiger partial charge in [0.25, 0.3) is 23.6 Å². The van der Waals surface area contributed by atoms with Gasteiger partial charge in [0.1, 0.15) is 11.8 Å². The molecule has 0 saturated heterocycles. The molecular weight excluding hydrogens is 335 g/mol. The molecule has 0 saturated carbocycles. The van der Waals surface area contributed by atoms with Crippen molar-refractivity contribution in [2.75, 3.05) is 11.8 Å². The van der Waals surface area contributed by atoms with Gasteiger partial charge in [-0.2, -0.15) is 0 Å². The van der Waals surface area contributed by atoms with E-state index in [0.29, 0.717) is 0 Å². The van der Waals surface area contributed by atoms with Gasteiger partial charge in [-0.25, -0.2) is 0 Å². The molecule has 0 aliphatic rings. The van der Waals surface area contributed by atoms with Gasteiger partial charge in [0.2, 0.25) is 0 Å². The van der Waals surface area contributed by atoms with E-state index in [1.165, 1.54) is 24.3 Å². The molecule has 8 nitrogen and oxygen atoms in total. The van der Waals surface area contributed by atoms with Gasteiger partial charge in [-0.15, -0.1) is 23.2 Å². The Balaban J connectivity index is 2.58. The molecule has 10 heteroatoms. The van der Waals surface area contributed by atoms with Crippen LogP contribution in [0.5, 0.6) is 0 Å². The van der Waals surface area contributed by atoms with E-state index in [2.05, 4.69) is 21.7 Å². The standard InChI is InChI=1S/C12H12Cl2N4O4/c13-5-9(19)15-17-11(21)7-1-2-8(4-3-7)12(22)18-16-10(20)6-14/h1-4H,5-6H2,(H,15,19)(H,16,20)(H,17,21)(H,18,22). The average molecular weight is 347 g/mol. The molecule has 0 atom stereocenters. The maximum absolute atomic E-state index is 11.7. The van der Waals surface area contributed by atoms with Crippen molar-refractivity contribution < 1.29 is 19.2 Å². The second-order valence-corrected chi connectivity index (χ2v) is 4.38. The van der Waals surface area contributed by atoms with Crippen LogP contribution in [0.25, 0.3) is 0 Å². The summed E-state index contributed by atoms with van der Waals surface area (Å²) in [6.45, 7) is 0. The van der Waals surface area contributed by atoms with Crippen LogP contribution in [0.2, 0.25) is 0 Å². The Bertz CT molecular complexity index is 526. The van der Waals surface area contributed by atoms with Crippen molar-refractivity contribution in [3.63, 3.8) is 0 Å². The maximum Gasteiger partial charge on any atom is 0.269 e. The van der Waals surface area contributed by atoms with Crippen molar-refractivity contribution in [2.45, 2.75) is 0 Å². The van der Waals surface area contributed by atoms with Gasteiger partial charge in [0, 0.05) is 11.1 Å². The quantitative estimate of drug-likeness (QED) is 0.441. The first-order chi connectivity index (χ1) is 10.5. The van der Waals surface area contributed by atoms with E-state index in [-0.39, 0.29) is 22.9 Å². The first-order valence-electron chi connectivity index (χ1n) is 5.88. The summed E-state index contributed by atoms with van der Waals surface area (Å²) in [5, 5.41) is 0. The van der Waals surface area contributed by atoms with Crippen LogP contribution in [0, 0.1) is 0 Å². The normalized spacial score (nSPS) is 9.55. The number of hydrogen-bond donors (Lipinski definition) is 4. The van der Waals surface area contributed by atoms with Gasteiger partial charge in [0.05, 0.1) is 0 Å². The molecule has 0 bridgehead atoms. The van der Waals surface area contributed by atoms with Crippen LogP contribution in [0.3, 0.4) is 0 Å². The molecule has 0 radical (unpaired) electrons. The highest BCUT2D eigenvalue weighted by Gasteiger charge is 2.10. The molecule has 22 heavy (non-hydrogen) atoms. The van der Waals surface area contributed by atoms with Crippen LogP contribution >= 0.6 is 23.2 Å². The highest BCUT2D eigenvalue weighted by Crippen LogP contribution is 2.04. The minimum absolute atomic E-state index is 0.219. The lowest BCUT2D eigenvalue weighted by Gasteiger charge is -2.08. The smallest absolute Gasteiger partial charge is 0.269 e. The third-order valence-corrected chi connectivity index (χ3v) is 2.77. The molecule has 0 heterocycles. The topological polar surface area (TPSA) is 116 Å². The van der Waals surface area contributed by atoms with Crippen LogP contribution < -0.4 is 21.7 Å². The largest absolute Gasteiger partial charge is 0.272 e. The SMILES string of the molecule is O=C(CCl)NNC(=O)c1ccc(C(=O)NNC(=O)CCl)cc1. The number of rotatable bonds is 4. The molecule has 0 aromatic heterocycles. The molecule has 0 aliphatic heterocycles. The van der Waals surface area contributed by atoms with Gasteiger partial charge < -0.3 is 0 Å². The molecule has 1 rings (SSSR count). The molecule has 0 fully saturated rings. The van der Waals surface area contributed by atoms with Crippen molar-refractivity contribution in [3.05, 3.63) is 35.4 Å². The van der Waals surface area contributed by atoms with E-state index in [4.69, 9.17) is 23.2 Å². The van der Waals surface area contributed by atoms with Gasteiger partial charge in [-0.05, 0) is 24.3 Å². The van der Waals surface area contributed by atoms with Gasteiger partial charge in [-0.3, -0.25) is 40.9 Å². The highest BCUT2D eigenvalue weighted by atomic mass is 35.5. The minimum Gasteiger partial charge on any atom is -0.272 e. The number of nitrogens with one attached hydrogen (secondary N) is 4. The highest BCUT2D eigenvalue weighted by molar-refractivity contribution is 6.27. The summed E-state index contributed by atoms with van der Waals surface area (Å²) in [5.74, 6) is -2.82. The van der Waals surface area contributed by atoms with Gasteiger partial charge >= 0.3 is 0 Å². The van der Waals surface area contributed by atoms with Crippen molar-refractivity contribution in [1.82, 2.24) is 21.7 Å². The number of hydrazine groups is 2. The summed E-state index contributed by atoms with van der Waals surface area (Å²) in [6, 6.07) is 5.50. The number of halogens is 2. The van der Waals surface area contributed by atoms with E-state index < -0.39 is 23.6 Å². The molecular formula is C12H12Cl2N4O4. The second-order valence-electron chi connectivity index (χ2n) is 3.85. The fraction of sp³-hybridized carbons (Fsp3) is 0.167. The average Bonchev–Trinajstić information content (AvgIpc) is 2.56. The maximum atomic E-state index is 11.7. The van der Waals surface area contributed by atoms with E-state index in [9.17, 15) is 19.2 Å². The predicted molar refractivity (Wildman–Crippen MR) is 79.1 cm³/mol. The fourth-order valence-electron chi connectivity index (χ4n) is 1.24. The third-order valence-electron chi connectivity index (χ3n) is 2.28. The van der Waals surface area contributed by atoms with E-state index in [1.54, 1.807) is 0 Å². The molecule has 118 valence electrons. The molecule has 4 N–H and O–H groups in total. The van der Waals surface area contributed by atoms with Crippen LogP contribution in [0.15, 0.2) is 24.3 Å². The fourth-order valence-corrected chi connectivity index (χ4v) is 1.37. The monoisotopic (exact) mass is 346 g/mol. The summed E-state index contributed by atoms with van der Waals surface area (Å²) < 4.78 is 0. The Kier molecular flexibility index (Phi) is 7.14. The van der Waals surface area contributed by atoms with E-state index in [1.807, 2.05) is 0 Å². The summed E-state index contributed by atoms with van der Waals surface area (Å²) in [6.07, 6.45) is 0. The molecule has 0 unspecified atom stereocenters. The summed E-state index contributed by atoms with van der Waals surface area (Å²) in [7, 11) is 0. The zero-order valence-corrected chi connectivity index (χ0v) is 12.6. The Morgan fingerprint density at radius 3 is 1.27 bits per heavy atom. The van der Waals surface area contributed by atoms with Crippen molar-refractivity contribution >= 4 is 46.8 Å². The minimum atomic E-state index is -0.569. The zero-order chi connectivity index (χ0) is 16.5. The summed E-state index contributed by atoms with van der Waals surface area (Å²) in [5.41, 5.74) is 8.93. The number of alkyl halides is 2. The van der Waals surface area contributed by atoms with Crippen LogP contribution in [-0.2, 0) is 9.59 Å². The molecule has 1 aromatic rings. The summed E-state index contributed by atoms with van der Waals surface area (Å²) in [4.78, 5) is 45.1. The molecule has 4 amide bonds. The lowest BCUT2D eigenvalue weighted by Crippen LogP contribution is -2.42. The third kappa shape index (κ3) is 5.58.